The van der Waals surface area contributed by atoms with Gasteiger partial charge in [-0.05, 0) is 11.6 Å². The maximum Gasteiger partial charge on any atom is 0.673 e. The lowest BCUT2D eigenvalue weighted by Gasteiger charge is -2.27. The Bertz CT molecular complexity index is 710. The van der Waals surface area contributed by atoms with Crippen molar-refractivity contribution < 1.29 is 22.1 Å². The number of para-hydroxylation sites is 1. The molecule has 126 valence electrons. The van der Waals surface area contributed by atoms with Crippen molar-refractivity contribution in [2.24, 2.45) is 0 Å². The van der Waals surface area contributed by atoms with Gasteiger partial charge in [-0.1, -0.05) is 60.7 Å². The van der Waals surface area contributed by atoms with Gasteiger partial charge >= 0.3 is 7.25 Å². The summed E-state index contributed by atoms with van der Waals surface area (Å²) in [4.78, 5) is 14.4. The zero-order chi connectivity index (χ0) is 17.6. The molecule has 1 aliphatic rings. The molecule has 1 aliphatic heterocycles. The molecule has 0 fully saturated rings. The fraction of sp³-hybridized carbons (Fsp3) is 0.118. The number of Topliss-reactive ketones (excluding diaryl/α,β-unsaturated/α-hetero) is 1. The molecule has 2 aromatic carbocycles. The number of anilines is 1. The SMILES string of the molecule is F[B-](F)(F)F.O=C(CN1CC=Cc2ccccc21)c1ccccc1. The molecule has 0 aromatic heterocycles. The first-order valence-electron chi connectivity index (χ1n) is 7.30. The molecule has 0 unspecified atom stereocenters. The van der Waals surface area contributed by atoms with Crippen LogP contribution >= 0.6 is 0 Å². The van der Waals surface area contributed by atoms with Gasteiger partial charge in [-0.2, -0.15) is 0 Å². The van der Waals surface area contributed by atoms with E-state index < -0.39 is 7.25 Å². The van der Waals surface area contributed by atoms with E-state index in [1.165, 1.54) is 5.56 Å². The smallest absolute Gasteiger partial charge is 0.418 e. The van der Waals surface area contributed by atoms with Gasteiger partial charge in [0.2, 0.25) is 0 Å². The Morgan fingerprint density at radius 3 is 2.21 bits per heavy atom. The molecule has 0 bridgehead atoms. The Hall–Kier alpha value is -2.57. The normalized spacial score (nSPS) is 12.9. The molecule has 0 aliphatic carbocycles. The van der Waals surface area contributed by atoms with Crippen LogP contribution in [0.5, 0.6) is 0 Å². The van der Waals surface area contributed by atoms with E-state index in [2.05, 4.69) is 29.2 Å². The lowest BCUT2D eigenvalue weighted by Crippen LogP contribution is -2.31. The summed E-state index contributed by atoms with van der Waals surface area (Å²) in [5.74, 6) is 0.158. The van der Waals surface area contributed by atoms with Gasteiger partial charge < -0.3 is 22.2 Å². The molecule has 1 heterocycles. The number of carbonyl (C=O) groups excluding carboxylic acids is 1. The predicted octanol–water partition coefficient (Wildman–Crippen LogP) is 4.70. The Labute approximate surface area is 137 Å². The van der Waals surface area contributed by atoms with Gasteiger partial charge in [-0.3, -0.25) is 4.79 Å². The summed E-state index contributed by atoms with van der Waals surface area (Å²) in [6.07, 6.45) is 4.21. The minimum Gasteiger partial charge on any atom is -0.418 e. The summed E-state index contributed by atoms with van der Waals surface area (Å²) in [6, 6.07) is 17.6. The average Bonchev–Trinajstić information content (AvgIpc) is 2.54. The molecule has 7 heteroatoms. The van der Waals surface area contributed by atoms with Crippen molar-refractivity contribution in [3.8, 4) is 0 Å². The van der Waals surface area contributed by atoms with E-state index in [1.807, 2.05) is 42.5 Å². The molecular weight excluding hydrogens is 321 g/mol. The second-order valence-corrected chi connectivity index (χ2v) is 5.13. The van der Waals surface area contributed by atoms with Crippen molar-refractivity contribution in [2.75, 3.05) is 18.0 Å². The van der Waals surface area contributed by atoms with Gasteiger partial charge in [0.1, 0.15) is 0 Å². The number of nitrogens with zero attached hydrogens (tertiary/aromatic N) is 1. The molecule has 0 N–H and O–H groups in total. The monoisotopic (exact) mass is 336 g/mol. The number of ketones is 1. The van der Waals surface area contributed by atoms with Gasteiger partial charge in [-0.15, -0.1) is 0 Å². The predicted molar refractivity (Wildman–Crippen MR) is 88.6 cm³/mol. The summed E-state index contributed by atoms with van der Waals surface area (Å²) in [7, 11) is -6.00. The fourth-order valence-electron chi connectivity index (χ4n) is 2.36. The van der Waals surface area contributed by atoms with Crippen LogP contribution in [0.2, 0.25) is 0 Å². The van der Waals surface area contributed by atoms with Crippen molar-refractivity contribution in [2.45, 2.75) is 0 Å². The number of fused-ring (bicyclic) bond motifs is 1. The molecular formula is C17H15BF4NO-. The molecule has 0 atom stereocenters. The molecule has 2 nitrogen and oxygen atoms in total. The topological polar surface area (TPSA) is 20.3 Å². The third-order valence-electron chi connectivity index (χ3n) is 3.33. The zero-order valence-corrected chi connectivity index (χ0v) is 12.7. The van der Waals surface area contributed by atoms with Crippen LogP contribution < -0.4 is 4.90 Å². The van der Waals surface area contributed by atoms with E-state index in [-0.39, 0.29) is 5.78 Å². The van der Waals surface area contributed by atoms with Crippen LogP contribution in [0.25, 0.3) is 6.08 Å². The summed E-state index contributed by atoms with van der Waals surface area (Å²) in [5.41, 5.74) is 3.08. The quantitative estimate of drug-likeness (QED) is 0.460. The van der Waals surface area contributed by atoms with Crippen LogP contribution in [0.4, 0.5) is 23.0 Å². The summed E-state index contributed by atoms with van der Waals surface area (Å²) in [6.45, 7) is 1.21. The van der Waals surface area contributed by atoms with Crippen molar-refractivity contribution >= 4 is 24.8 Å². The third kappa shape index (κ3) is 5.57. The molecule has 0 saturated heterocycles. The van der Waals surface area contributed by atoms with Crippen LogP contribution in [-0.4, -0.2) is 26.1 Å². The highest BCUT2D eigenvalue weighted by Crippen LogP contribution is 2.25. The summed E-state index contributed by atoms with van der Waals surface area (Å²) >= 11 is 0. The van der Waals surface area contributed by atoms with Gasteiger partial charge in [0.05, 0.1) is 6.54 Å². The second-order valence-electron chi connectivity index (χ2n) is 5.13. The second kappa shape index (κ2) is 7.81. The van der Waals surface area contributed by atoms with Crippen molar-refractivity contribution in [3.05, 3.63) is 71.8 Å². The summed E-state index contributed by atoms with van der Waals surface area (Å²) in [5, 5.41) is 0. The van der Waals surface area contributed by atoms with Crippen molar-refractivity contribution in [3.63, 3.8) is 0 Å². The van der Waals surface area contributed by atoms with Crippen LogP contribution in [0.1, 0.15) is 15.9 Å². The molecule has 3 rings (SSSR count). The third-order valence-corrected chi connectivity index (χ3v) is 3.33. The highest BCUT2D eigenvalue weighted by molar-refractivity contribution is 6.50. The molecule has 0 spiro atoms. The largest absolute Gasteiger partial charge is 0.673 e. The van der Waals surface area contributed by atoms with Gasteiger partial charge in [0, 0.05) is 17.8 Å². The Balaban J connectivity index is 0.000000368. The van der Waals surface area contributed by atoms with Crippen molar-refractivity contribution in [1.82, 2.24) is 0 Å². The maximum absolute atomic E-state index is 12.3. The Kier molecular flexibility index (Phi) is 5.79. The molecule has 0 saturated carbocycles. The number of hydrogen-bond acceptors (Lipinski definition) is 2. The molecule has 0 amide bonds. The maximum atomic E-state index is 12.3. The van der Waals surface area contributed by atoms with Crippen molar-refractivity contribution in [1.29, 1.82) is 0 Å². The number of benzene rings is 2. The first-order valence-corrected chi connectivity index (χ1v) is 7.30. The highest BCUT2D eigenvalue weighted by Gasteiger charge is 2.20. The van der Waals surface area contributed by atoms with Gasteiger partial charge in [0.25, 0.3) is 0 Å². The van der Waals surface area contributed by atoms with Crippen LogP contribution in [0, 0.1) is 0 Å². The van der Waals surface area contributed by atoms with Crippen LogP contribution in [0.3, 0.4) is 0 Å². The van der Waals surface area contributed by atoms with E-state index in [0.717, 1.165) is 17.8 Å². The molecule has 0 radical (unpaired) electrons. The first-order chi connectivity index (χ1) is 11.3. The van der Waals surface area contributed by atoms with E-state index in [9.17, 15) is 22.1 Å². The van der Waals surface area contributed by atoms with E-state index in [0.29, 0.717) is 6.54 Å². The van der Waals surface area contributed by atoms with Crippen LogP contribution in [0.15, 0.2) is 60.7 Å². The number of carbonyl (C=O) groups is 1. The van der Waals surface area contributed by atoms with E-state index in [4.69, 9.17) is 0 Å². The minimum absolute atomic E-state index is 0.158. The molecule has 2 aromatic rings. The Morgan fingerprint density at radius 2 is 1.54 bits per heavy atom. The fourth-order valence-corrected chi connectivity index (χ4v) is 2.36. The van der Waals surface area contributed by atoms with E-state index >= 15 is 0 Å². The zero-order valence-electron chi connectivity index (χ0n) is 12.7. The highest BCUT2D eigenvalue weighted by atomic mass is 19.5. The number of rotatable bonds is 3. The lowest BCUT2D eigenvalue weighted by atomic mass is 10.1. The van der Waals surface area contributed by atoms with E-state index in [1.54, 1.807) is 0 Å². The van der Waals surface area contributed by atoms with Crippen LogP contribution in [-0.2, 0) is 0 Å². The summed E-state index contributed by atoms with van der Waals surface area (Å²) < 4.78 is 39.0. The number of halogens is 4. The minimum atomic E-state index is -6.00. The number of hydrogen-bond donors (Lipinski definition) is 0. The van der Waals surface area contributed by atoms with Gasteiger partial charge in [-0.25, -0.2) is 0 Å². The van der Waals surface area contributed by atoms with Gasteiger partial charge in [0.15, 0.2) is 5.78 Å². The average molecular weight is 336 g/mol. The first kappa shape index (κ1) is 17.8. The molecule has 24 heavy (non-hydrogen) atoms. The standard InChI is InChI=1S/C17H15NO.BF4/c19-17(15-8-2-1-3-9-15)13-18-12-6-10-14-7-4-5-11-16(14)18;2-1(3,4)5/h1-11H,12-13H2;/q;-1. The Morgan fingerprint density at radius 1 is 0.958 bits per heavy atom. The lowest BCUT2D eigenvalue weighted by molar-refractivity contribution is 0.0999.